The van der Waals surface area contributed by atoms with E-state index in [2.05, 4.69) is 127 Å². The maximum atomic E-state index is 11.7. The molecule has 1 atom stereocenters. The summed E-state index contributed by atoms with van der Waals surface area (Å²) in [6.07, 6.45) is 0. The zero-order valence-electron chi connectivity index (χ0n) is 21.5. The van der Waals surface area contributed by atoms with E-state index in [1.807, 2.05) is 6.07 Å². The van der Waals surface area contributed by atoms with Crippen LogP contribution in [0, 0.1) is 0 Å². The fourth-order valence-corrected chi connectivity index (χ4v) is 4.57. The lowest BCUT2D eigenvalue weighted by molar-refractivity contribution is 0.446. The fraction of sp³-hybridized carbons (Fsp3) is 0.312. The number of fused-ring (bicyclic) bond motifs is 1. The number of aromatic hydroxyl groups is 1. The van der Waals surface area contributed by atoms with E-state index < -0.39 is 0 Å². The summed E-state index contributed by atoms with van der Waals surface area (Å²) in [5, 5.41) is 17.7. The van der Waals surface area contributed by atoms with Gasteiger partial charge in [-0.15, -0.1) is 0 Å². The van der Waals surface area contributed by atoms with Crippen LogP contribution >= 0.6 is 0 Å². The predicted molar refractivity (Wildman–Crippen MR) is 147 cm³/mol. The van der Waals surface area contributed by atoms with Gasteiger partial charge in [-0.2, -0.15) is 0 Å². The molecule has 0 aliphatic heterocycles. The normalized spacial score (nSPS) is 13.1. The highest BCUT2D eigenvalue weighted by Gasteiger charge is 2.27. The topological polar surface area (TPSA) is 32.3 Å². The Morgan fingerprint density at radius 1 is 0.735 bits per heavy atom. The van der Waals surface area contributed by atoms with Crippen LogP contribution in [0.4, 0.5) is 5.69 Å². The first kappa shape index (κ1) is 23.9. The van der Waals surface area contributed by atoms with Gasteiger partial charge in [-0.25, -0.2) is 0 Å². The zero-order valence-corrected chi connectivity index (χ0v) is 21.5. The number of hydrogen-bond acceptors (Lipinski definition) is 2. The Kier molecular flexibility index (Phi) is 6.20. The van der Waals surface area contributed by atoms with Gasteiger partial charge < -0.3 is 10.4 Å². The van der Waals surface area contributed by atoms with Gasteiger partial charge in [0, 0.05) is 28.4 Å². The first-order valence-corrected chi connectivity index (χ1v) is 12.2. The molecular formula is C32H37NO. The van der Waals surface area contributed by atoms with Gasteiger partial charge in [0.2, 0.25) is 0 Å². The van der Waals surface area contributed by atoms with Crippen LogP contribution in [0.2, 0.25) is 0 Å². The van der Waals surface area contributed by atoms with Gasteiger partial charge in [-0.1, -0.05) is 108 Å². The molecule has 0 unspecified atom stereocenters. The van der Waals surface area contributed by atoms with E-state index >= 15 is 0 Å². The van der Waals surface area contributed by atoms with Crippen LogP contribution in [0.5, 0.6) is 5.75 Å². The molecule has 0 fully saturated rings. The third kappa shape index (κ3) is 4.68. The molecule has 0 amide bonds. The van der Waals surface area contributed by atoms with Crippen molar-refractivity contribution in [3.63, 3.8) is 0 Å². The van der Waals surface area contributed by atoms with Gasteiger partial charge in [0.1, 0.15) is 5.75 Å². The maximum absolute atomic E-state index is 11.7. The lowest BCUT2D eigenvalue weighted by Crippen LogP contribution is -2.17. The minimum atomic E-state index is -0.185. The molecule has 0 bridgehead atoms. The van der Waals surface area contributed by atoms with Crippen LogP contribution in [0.1, 0.15) is 71.2 Å². The first-order chi connectivity index (χ1) is 16.0. The van der Waals surface area contributed by atoms with Gasteiger partial charge >= 0.3 is 0 Å². The third-order valence-electron chi connectivity index (χ3n) is 6.65. The van der Waals surface area contributed by atoms with Crippen LogP contribution in [-0.4, -0.2) is 5.11 Å². The lowest BCUT2D eigenvalue weighted by atomic mass is 9.77. The van der Waals surface area contributed by atoms with E-state index in [4.69, 9.17) is 0 Å². The summed E-state index contributed by atoms with van der Waals surface area (Å²) in [6.45, 7) is 15.4. The Labute approximate surface area is 204 Å². The predicted octanol–water partition coefficient (Wildman–Crippen LogP) is 8.98. The average molecular weight is 452 g/mol. The first-order valence-electron chi connectivity index (χ1n) is 12.2. The van der Waals surface area contributed by atoms with E-state index in [9.17, 15) is 5.11 Å². The Morgan fingerprint density at radius 2 is 1.38 bits per heavy atom. The molecule has 34 heavy (non-hydrogen) atoms. The van der Waals surface area contributed by atoms with Crippen LogP contribution in [0.15, 0.2) is 78.9 Å². The highest BCUT2D eigenvalue weighted by atomic mass is 16.3. The molecule has 0 aliphatic rings. The molecule has 4 aromatic rings. The second-order valence-corrected chi connectivity index (χ2v) is 11.4. The van der Waals surface area contributed by atoms with Crippen LogP contribution < -0.4 is 5.32 Å². The molecule has 0 heterocycles. The number of rotatable bonds is 4. The standard InChI is InChI=1S/C32H37NO/c1-21(22-13-9-8-10-14-22)33-28-18-17-23-15-11-12-16-25(23)29(28)26-19-24(31(2,3)4)20-27(30(26)34)32(5,6)7/h8-21,33-34H,1-7H3/t21-/m0/s1. The molecule has 0 aliphatic carbocycles. The second-order valence-electron chi connectivity index (χ2n) is 11.4. The van der Waals surface area contributed by atoms with Crippen molar-refractivity contribution in [1.82, 2.24) is 0 Å². The van der Waals surface area contributed by atoms with E-state index in [0.29, 0.717) is 5.75 Å². The molecule has 4 rings (SSSR count). The molecule has 0 saturated heterocycles. The highest BCUT2D eigenvalue weighted by Crippen LogP contribution is 2.46. The number of anilines is 1. The Bertz CT molecular complexity index is 1310. The van der Waals surface area contributed by atoms with Gasteiger partial charge in [-0.05, 0) is 51.8 Å². The van der Waals surface area contributed by atoms with E-state index in [1.54, 1.807) is 0 Å². The van der Waals surface area contributed by atoms with E-state index in [1.165, 1.54) is 11.1 Å². The molecule has 0 radical (unpaired) electrons. The van der Waals surface area contributed by atoms with Crippen molar-refractivity contribution in [2.24, 2.45) is 0 Å². The number of nitrogens with one attached hydrogen (secondary N) is 1. The van der Waals surface area contributed by atoms with Crippen molar-refractivity contribution < 1.29 is 5.11 Å². The van der Waals surface area contributed by atoms with Gasteiger partial charge in [-0.3, -0.25) is 0 Å². The van der Waals surface area contributed by atoms with Crippen LogP contribution in [0.3, 0.4) is 0 Å². The number of phenolic OH excluding ortho intramolecular Hbond substituents is 1. The molecule has 0 saturated carbocycles. The van der Waals surface area contributed by atoms with E-state index in [-0.39, 0.29) is 16.9 Å². The summed E-state index contributed by atoms with van der Waals surface area (Å²) in [5.41, 5.74) is 6.16. The summed E-state index contributed by atoms with van der Waals surface area (Å²) in [6, 6.07) is 27.7. The van der Waals surface area contributed by atoms with Crippen molar-refractivity contribution in [3.8, 4) is 16.9 Å². The van der Waals surface area contributed by atoms with Crippen LogP contribution in [0.25, 0.3) is 21.9 Å². The Balaban J connectivity index is 2.01. The van der Waals surface area contributed by atoms with Crippen LogP contribution in [-0.2, 0) is 10.8 Å². The second kappa shape index (κ2) is 8.83. The largest absolute Gasteiger partial charge is 0.507 e. The molecule has 0 aromatic heterocycles. The molecule has 176 valence electrons. The quantitative estimate of drug-likeness (QED) is 0.324. The maximum Gasteiger partial charge on any atom is 0.127 e. The third-order valence-corrected chi connectivity index (χ3v) is 6.65. The highest BCUT2D eigenvalue weighted by molar-refractivity contribution is 6.04. The lowest BCUT2D eigenvalue weighted by Gasteiger charge is -2.29. The van der Waals surface area contributed by atoms with Gasteiger partial charge in [0.25, 0.3) is 0 Å². The summed E-state index contributed by atoms with van der Waals surface area (Å²) in [5.74, 6) is 0.368. The number of phenols is 1. The molecule has 2 heteroatoms. The molecule has 2 N–H and O–H groups in total. The molecule has 0 spiro atoms. The molecule has 2 nitrogen and oxygen atoms in total. The zero-order chi connectivity index (χ0) is 24.7. The van der Waals surface area contributed by atoms with Crippen molar-refractivity contribution in [3.05, 3.63) is 95.6 Å². The summed E-state index contributed by atoms with van der Waals surface area (Å²) < 4.78 is 0. The van der Waals surface area contributed by atoms with E-state index in [0.717, 1.165) is 33.2 Å². The SMILES string of the molecule is C[C@H](Nc1ccc2ccccc2c1-c1cc(C(C)(C)C)cc(C(C)(C)C)c1O)c1ccccc1. The fourth-order valence-electron chi connectivity index (χ4n) is 4.57. The van der Waals surface area contributed by atoms with Crippen molar-refractivity contribution in [2.45, 2.75) is 65.3 Å². The van der Waals surface area contributed by atoms with Gasteiger partial charge in [0.15, 0.2) is 0 Å². The summed E-state index contributed by atoms with van der Waals surface area (Å²) >= 11 is 0. The Hall–Kier alpha value is -3.26. The smallest absolute Gasteiger partial charge is 0.127 e. The van der Waals surface area contributed by atoms with Crippen molar-refractivity contribution in [2.75, 3.05) is 5.32 Å². The van der Waals surface area contributed by atoms with Crippen molar-refractivity contribution in [1.29, 1.82) is 0 Å². The minimum Gasteiger partial charge on any atom is -0.507 e. The summed E-state index contributed by atoms with van der Waals surface area (Å²) in [4.78, 5) is 0. The Morgan fingerprint density at radius 3 is 2.03 bits per heavy atom. The number of hydrogen-bond donors (Lipinski definition) is 2. The minimum absolute atomic E-state index is 0.0437. The van der Waals surface area contributed by atoms with Crippen molar-refractivity contribution >= 4 is 16.5 Å². The van der Waals surface area contributed by atoms with Gasteiger partial charge in [0.05, 0.1) is 0 Å². The number of benzene rings is 4. The monoisotopic (exact) mass is 451 g/mol. The molecule has 4 aromatic carbocycles. The average Bonchev–Trinajstić information content (AvgIpc) is 2.78. The molecular weight excluding hydrogens is 414 g/mol. The summed E-state index contributed by atoms with van der Waals surface area (Å²) in [7, 11) is 0.